The van der Waals surface area contributed by atoms with Crippen molar-refractivity contribution in [3.63, 3.8) is 0 Å². The summed E-state index contributed by atoms with van der Waals surface area (Å²) < 4.78 is 41.5. The molecule has 0 bridgehead atoms. The summed E-state index contributed by atoms with van der Waals surface area (Å²) in [7, 11) is -0.269. The highest BCUT2D eigenvalue weighted by molar-refractivity contribution is 7.99. The van der Waals surface area contributed by atoms with E-state index in [2.05, 4.69) is 10.0 Å². The zero-order valence-corrected chi connectivity index (χ0v) is 20.3. The van der Waals surface area contributed by atoms with Gasteiger partial charge in [0, 0.05) is 48.3 Å². The monoisotopic (exact) mass is 484 g/mol. The first kappa shape index (κ1) is 23.0. The summed E-state index contributed by atoms with van der Waals surface area (Å²) >= 11 is 3.44. The SMILES string of the molecule is CN(C)S(=O)(=O)NC[C@H]1CC[C@H](CNc2nc3c(s2)CCSc2ccc(F)cc2-3)CC1. The topological polar surface area (TPSA) is 74.3 Å². The van der Waals surface area contributed by atoms with Crippen molar-refractivity contribution < 1.29 is 12.8 Å². The number of thioether (sulfide) groups is 1. The van der Waals surface area contributed by atoms with Crippen molar-refractivity contribution in [1.29, 1.82) is 0 Å². The molecule has 0 amide bonds. The van der Waals surface area contributed by atoms with Crippen molar-refractivity contribution in [3.8, 4) is 11.3 Å². The van der Waals surface area contributed by atoms with Crippen LogP contribution in [0.25, 0.3) is 11.3 Å². The average Bonchev–Trinajstić information content (AvgIpc) is 3.08. The van der Waals surface area contributed by atoms with Crippen molar-refractivity contribution >= 4 is 38.4 Å². The van der Waals surface area contributed by atoms with Crippen LogP contribution in [0.5, 0.6) is 0 Å². The molecule has 170 valence electrons. The molecule has 2 N–H and O–H groups in total. The number of hydrogen-bond acceptors (Lipinski definition) is 6. The third kappa shape index (κ3) is 5.60. The lowest BCUT2D eigenvalue weighted by Crippen LogP contribution is -2.39. The van der Waals surface area contributed by atoms with Crippen LogP contribution in [0.15, 0.2) is 23.1 Å². The molecule has 1 aliphatic carbocycles. The predicted molar refractivity (Wildman–Crippen MR) is 126 cm³/mol. The Labute approximate surface area is 192 Å². The molecule has 1 aromatic heterocycles. The van der Waals surface area contributed by atoms with Crippen LogP contribution in [0.1, 0.15) is 30.6 Å². The Balaban J connectivity index is 1.30. The molecular weight excluding hydrogens is 455 g/mol. The third-order valence-corrected chi connectivity index (χ3v) is 9.67. The molecule has 0 unspecified atom stereocenters. The Hall–Kier alpha value is -1.20. The summed E-state index contributed by atoms with van der Waals surface area (Å²) in [5, 5.41) is 4.42. The van der Waals surface area contributed by atoms with Gasteiger partial charge >= 0.3 is 0 Å². The number of anilines is 1. The van der Waals surface area contributed by atoms with E-state index >= 15 is 0 Å². The highest BCUT2D eigenvalue weighted by Crippen LogP contribution is 2.41. The van der Waals surface area contributed by atoms with Gasteiger partial charge in [-0.3, -0.25) is 0 Å². The molecule has 4 rings (SSSR count). The van der Waals surface area contributed by atoms with Crippen LogP contribution in [0, 0.1) is 17.7 Å². The lowest BCUT2D eigenvalue weighted by Gasteiger charge is -2.29. The maximum Gasteiger partial charge on any atom is 0.278 e. The zero-order valence-electron chi connectivity index (χ0n) is 17.9. The fraction of sp³-hybridized carbons (Fsp3) is 0.571. The number of thiazole rings is 1. The molecule has 6 nitrogen and oxygen atoms in total. The number of aryl methyl sites for hydroxylation is 1. The Bertz CT molecular complexity index is 1020. The first-order valence-electron chi connectivity index (χ1n) is 10.6. The number of nitrogens with zero attached hydrogens (tertiary/aromatic N) is 2. The van der Waals surface area contributed by atoms with Gasteiger partial charge < -0.3 is 5.32 Å². The lowest BCUT2D eigenvalue weighted by atomic mass is 9.82. The smallest absolute Gasteiger partial charge is 0.278 e. The van der Waals surface area contributed by atoms with Gasteiger partial charge in [0.2, 0.25) is 0 Å². The van der Waals surface area contributed by atoms with Crippen LogP contribution in [-0.2, 0) is 16.6 Å². The number of fused-ring (bicyclic) bond motifs is 3. The lowest BCUT2D eigenvalue weighted by molar-refractivity contribution is 0.283. The first-order valence-corrected chi connectivity index (χ1v) is 13.9. The van der Waals surface area contributed by atoms with E-state index in [-0.39, 0.29) is 5.82 Å². The largest absolute Gasteiger partial charge is 0.361 e. The van der Waals surface area contributed by atoms with E-state index in [0.29, 0.717) is 18.4 Å². The van der Waals surface area contributed by atoms with Gasteiger partial charge in [-0.05, 0) is 62.1 Å². The molecule has 1 aromatic carbocycles. The molecule has 1 aliphatic heterocycles. The molecule has 1 fully saturated rings. The summed E-state index contributed by atoms with van der Waals surface area (Å²) in [6.07, 6.45) is 5.17. The quantitative estimate of drug-likeness (QED) is 0.616. The van der Waals surface area contributed by atoms with Gasteiger partial charge in [-0.2, -0.15) is 12.7 Å². The fourth-order valence-electron chi connectivity index (χ4n) is 4.10. The van der Waals surface area contributed by atoms with E-state index in [0.717, 1.165) is 65.7 Å². The van der Waals surface area contributed by atoms with Crippen LogP contribution in [-0.4, -0.2) is 50.6 Å². The van der Waals surface area contributed by atoms with Crippen molar-refractivity contribution in [3.05, 3.63) is 28.9 Å². The van der Waals surface area contributed by atoms with Crippen LogP contribution in [0.2, 0.25) is 0 Å². The highest BCUT2D eigenvalue weighted by Gasteiger charge is 2.24. The minimum Gasteiger partial charge on any atom is -0.361 e. The number of aromatic nitrogens is 1. The number of nitrogens with one attached hydrogen (secondary N) is 2. The van der Waals surface area contributed by atoms with Crippen molar-refractivity contribution in [2.45, 2.75) is 37.0 Å². The van der Waals surface area contributed by atoms with Gasteiger partial charge in [-0.1, -0.05) is 0 Å². The minimum absolute atomic E-state index is 0.223. The Morgan fingerprint density at radius 1 is 1.16 bits per heavy atom. The standard InChI is InChI=1S/C21H29FN4O2S3/c1-26(2)31(27,28)24-13-15-5-3-14(4-6-15)12-23-21-25-20-17-11-16(22)7-8-18(17)29-10-9-19(20)30-21/h7-8,11,14-15,24H,3-6,9-10,12-13H2,1-2H3,(H,23,25)/t14-,15-. The number of rotatable bonds is 7. The summed E-state index contributed by atoms with van der Waals surface area (Å²) in [6.45, 7) is 1.38. The number of benzene rings is 1. The molecule has 0 spiro atoms. The number of halogens is 1. The van der Waals surface area contributed by atoms with Crippen molar-refractivity contribution in [2.24, 2.45) is 11.8 Å². The second-order valence-corrected chi connectivity index (χ2v) is 12.6. The second-order valence-electron chi connectivity index (χ2n) is 8.43. The predicted octanol–water partition coefficient (Wildman–Crippen LogP) is 4.21. The first-order chi connectivity index (χ1) is 14.8. The van der Waals surface area contributed by atoms with Crippen LogP contribution >= 0.6 is 23.1 Å². The summed E-state index contributed by atoms with van der Waals surface area (Å²) in [5.41, 5.74) is 1.83. The normalized spacial score (nSPS) is 21.4. The molecule has 0 radical (unpaired) electrons. The molecular formula is C21H29FN4O2S3. The maximum atomic E-state index is 13.8. The van der Waals surface area contributed by atoms with E-state index < -0.39 is 10.2 Å². The zero-order chi connectivity index (χ0) is 22.0. The second kappa shape index (κ2) is 9.74. The maximum absolute atomic E-state index is 13.8. The molecule has 2 aromatic rings. The molecule has 31 heavy (non-hydrogen) atoms. The van der Waals surface area contributed by atoms with E-state index in [1.54, 1.807) is 29.2 Å². The average molecular weight is 485 g/mol. The summed E-state index contributed by atoms with van der Waals surface area (Å²) in [4.78, 5) is 7.13. The van der Waals surface area contributed by atoms with Crippen LogP contribution in [0.3, 0.4) is 0 Å². The van der Waals surface area contributed by atoms with Gasteiger partial charge in [0.15, 0.2) is 5.13 Å². The van der Waals surface area contributed by atoms with Gasteiger partial charge in [0.25, 0.3) is 10.2 Å². The Kier molecular flexibility index (Phi) is 7.22. The van der Waals surface area contributed by atoms with Gasteiger partial charge in [-0.25, -0.2) is 14.1 Å². The Morgan fingerprint density at radius 3 is 2.58 bits per heavy atom. The van der Waals surface area contributed by atoms with Crippen molar-refractivity contribution in [2.75, 3.05) is 38.3 Å². The van der Waals surface area contributed by atoms with Crippen LogP contribution < -0.4 is 10.0 Å². The number of hydrogen-bond donors (Lipinski definition) is 2. The van der Waals surface area contributed by atoms with Crippen molar-refractivity contribution in [1.82, 2.24) is 14.0 Å². The summed E-state index contributed by atoms with van der Waals surface area (Å²) in [6, 6.07) is 4.97. The molecule has 2 heterocycles. The molecule has 1 saturated carbocycles. The van der Waals surface area contributed by atoms with E-state index in [1.165, 1.54) is 29.3 Å². The van der Waals surface area contributed by atoms with Gasteiger partial charge in [0.05, 0.1) is 5.69 Å². The fourth-order valence-corrected chi connectivity index (χ4v) is 6.92. The Morgan fingerprint density at radius 2 is 1.87 bits per heavy atom. The van der Waals surface area contributed by atoms with E-state index in [1.807, 2.05) is 6.07 Å². The molecule has 0 saturated heterocycles. The van der Waals surface area contributed by atoms with E-state index in [4.69, 9.17) is 4.98 Å². The molecule has 2 aliphatic rings. The molecule has 10 heteroatoms. The molecule has 0 atom stereocenters. The third-order valence-electron chi connectivity index (χ3n) is 6.02. The van der Waals surface area contributed by atoms with E-state index in [9.17, 15) is 12.8 Å². The van der Waals surface area contributed by atoms with Crippen LogP contribution in [0.4, 0.5) is 9.52 Å². The van der Waals surface area contributed by atoms with Gasteiger partial charge in [-0.15, -0.1) is 23.1 Å². The minimum atomic E-state index is -3.35. The summed E-state index contributed by atoms with van der Waals surface area (Å²) in [5.74, 6) is 1.71. The van der Waals surface area contributed by atoms with Gasteiger partial charge in [0.1, 0.15) is 5.82 Å². The highest BCUT2D eigenvalue weighted by atomic mass is 32.2.